The number of rotatable bonds is 4. The van der Waals surface area contributed by atoms with E-state index in [9.17, 15) is 0 Å². The van der Waals surface area contributed by atoms with E-state index in [0.29, 0.717) is 0 Å². The van der Waals surface area contributed by atoms with Gasteiger partial charge < -0.3 is 4.74 Å². The van der Waals surface area contributed by atoms with Crippen molar-refractivity contribution in [2.75, 3.05) is 0 Å². The third-order valence-electron chi connectivity index (χ3n) is 11.6. The maximum atomic E-state index is 7.13. The molecule has 0 radical (unpaired) electrons. The van der Waals surface area contributed by atoms with Crippen LogP contribution in [0.1, 0.15) is 54.0 Å². The van der Waals surface area contributed by atoms with Crippen molar-refractivity contribution in [3.8, 4) is 22.6 Å². The predicted molar refractivity (Wildman–Crippen MR) is 213 cm³/mol. The first-order chi connectivity index (χ1) is 25.0. The summed E-state index contributed by atoms with van der Waals surface area (Å²) in [4.78, 5) is 5.29. The molecular weight excluding hydrogens is 635 g/mol. The molecule has 0 saturated heterocycles. The Balaban J connectivity index is 1.17. The van der Waals surface area contributed by atoms with E-state index in [4.69, 9.17) is 9.73 Å². The highest BCUT2D eigenvalue weighted by Gasteiger charge is 2.50. The van der Waals surface area contributed by atoms with Crippen LogP contribution in [0.2, 0.25) is 0 Å². The minimum Gasteiger partial charge on any atom is -0.457 e. The molecule has 1 atom stereocenters. The predicted octanol–water partition coefficient (Wildman–Crippen LogP) is 9.13. The highest BCUT2D eigenvalue weighted by Crippen LogP contribution is 2.54. The Morgan fingerprint density at radius 1 is 0.608 bits per heavy atom. The molecule has 0 aromatic heterocycles. The number of hydrogen-bond acceptors (Lipinski definition) is 2. The molecule has 0 amide bonds. The van der Waals surface area contributed by atoms with Gasteiger partial charge in [0.25, 0.3) is 0 Å². The number of hydrogen-bond donors (Lipinski definition) is 0. The summed E-state index contributed by atoms with van der Waals surface area (Å²) >= 11 is 0. The number of para-hydroxylation sites is 2. The van der Waals surface area contributed by atoms with Gasteiger partial charge in [-0.05, 0) is 72.3 Å². The van der Waals surface area contributed by atoms with Crippen LogP contribution in [0, 0.1) is 0 Å². The third-order valence-corrected chi connectivity index (χ3v) is 16.4. The molecule has 2 heterocycles. The molecule has 0 fully saturated rings. The zero-order valence-corrected chi connectivity index (χ0v) is 29.8. The van der Waals surface area contributed by atoms with Gasteiger partial charge in [0.1, 0.15) is 11.5 Å². The lowest BCUT2D eigenvalue weighted by molar-refractivity contribution is 0.488. The standard InChI is InChI=1S/C48H37NOSi/c1-48(2)39-28-29-45-47(50-43-24-14-15-25-44(43)51(45,34-18-8-4-9-19-34)35-20-10-5-11-21-35)46(39)37-27-26-33(30-40(37)48)42-31-38(32-16-6-3-7-17-32)36-22-12-13-23-41(36)49-42/h3-30,38H,31H2,1-2H3. The van der Waals surface area contributed by atoms with E-state index in [1.165, 1.54) is 59.7 Å². The number of fused-ring (bicyclic) bond motifs is 7. The minimum atomic E-state index is -2.74. The largest absolute Gasteiger partial charge is 0.457 e. The molecule has 7 aromatic carbocycles. The van der Waals surface area contributed by atoms with Crippen molar-refractivity contribution in [1.29, 1.82) is 0 Å². The molecular formula is C48H37NOSi. The quantitative estimate of drug-likeness (QED) is 0.171. The first kappa shape index (κ1) is 30.1. The first-order valence-corrected chi connectivity index (χ1v) is 20.0. The SMILES string of the molecule is CC1(C)c2cc(C3=Nc4ccccc4C(c4ccccc4)C3)ccc2-c2c1ccc1c2Oc2ccccc2[Si]1(c1ccccc1)c1ccccc1. The van der Waals surface area contributed by atoms with Gasteiger partial charge in [-0.25, -0.2) is 0 Å². The normalized spacial score (nSPS) is 17.1. The van der Waals surface area contributed by atoms with Crippen molar-refractivity contribution in [3.63, 3.8) is 0 Å². The fourth-order valence-electron chi connectivity index (χ4n) is 9.21. The van der Waals surface area contributed by atoms with Crippen molar-refractivity contribution in [3.05, 3.63) is 198 Å². The molecule has 7 aromatic rings. The molecule has 51 heavy (non-hydrogen) atoms. The smallest absolute Gasteiger partial charge is 0.188 e. The van der Waals surface area contributed by atoms with Gasteiger partial charge in [0.15, 0.2) is 8.07 Å². The van der Waals surface area contributed by atoms with E-state index in [1.54, 1.807) is 0 Å². The highest BCUT2D eigenvalue weighted by molar-refractivity contribution is 7.20. The van der Waals surface area contributed by atoms with Crippen molar-refractivity contribution in [1.82, 2.24) is 0 Å². The molecule has 3 heteroatoms. The Morgan fingerprint density at radius 2 is 1.25 bits per heavy atom. The average Bonchev–Trinajstić information content (AvgIpc) is 3.43. The van der Waals surface area contributed by atoms with E-state index in [-0.39, 0.29) is 11.3 Å². The number of aliphatic imine (C=N–C) groups is 1. The fourth-order valence-corrected chi connectivity index (χ4v) is 14.2. The summed E-state index contributed by atoms with van der Waals surface area (Å²) in [5.74, 6) is 2.24. The highest BCUT2D eigenvalue weighted by atomic mass is 28.3. The van der Waals surface area contributed by atoms with Crippen LogP contribution in [0.25, 0.3) is 11.1 Å². The van der Waals surface area contributed by atoms with Crippen molar-refractivity contribution >= 4 is 40.2 Å². The van der Waals surface area contributed by atoms with Crippen LogP contribution < -0.4 is 25.5 Å². The second-order valence-corrected chi connectivity index (χ2v) is 18.3. The van der Waals surface area contributed by atoms with Gasteiger partial charge in [-0.1, -0.05) is 166 Å². The molecule has 3 aliphatic rings. The maximum Gasteiger partial charge on any atom is 0.188 e. The summed E-state index contributed by atoms with van der Waals surface area (Å²) in [6.07, 6.45) is 0.866. The number of benzene rings is 7. The summed E-state index contributed by atoms with van der Waals surface area (Å²) in [5.41, 5.74) is 11.0. The molecule has 0 saturated carbocycles. The summed E-state index contributed by atoms with van der Waals surface area (Å²) < 4.78 is 7.13. The van der Waals surface area contributed by atoms with Crippen LogP contribution in [0.15, 0.2) is 175 Å². The third kappa shape index (κ3) is 4.38. The van der Waals surface area contributed by atoms with Gasteiger partial charge in [0.2, 0.25) is 0 Å². The molecule has 0 bridgehead atoms. The molecule has 1 aliphatic carbocycles. The maximum absolute atomic E-state index is 7.13. The zero-order chi connectivity index (χ0) is 34.2. The lowest BCUT2D eigenvalue weighted by Crippen LogP contribution is -2.76. The summed E-state index contributed by atoms with van der Waals surface area (Å²) in [6.45, 7) is 4.74. The minimum absolute atomic E-state index is 0.217. The van der Waals surface area contributed by atoms with Gasteiger partial charge in [0, 0.05) is 29.0 Å². The van der Waals surface area contributed by atoms with Crippen LogP contribution in [-0.2, 0) is 5.41 Å². The Hall–Kier alpha value is -5.77. The van der Waals surface area contributed by atoms with Crippen molar-refractivity contribution in [2.24, 2.45) is 4.99 Å². The first-order valence-electron chi connectivity index (χ1n) is 18.0. The van der Waals surface area contributed by atoms with Gasteiger partial charge in [0.05, 0.1) is 5.69 Å². The molecule has 10 rings (SSSR count). The van der Waals surface area contributed by atoms with E-state index in [2.05, 4.69) is 184 Å². The second kappa shape index (κ2) is 11.4. The van der Waals surface area contributed by atoms with E-state index in [1.807, 2.05) is 0 Å². The number of ether oxygens (including phenoxy) is 1. The Labute approximate surface area is 300 Å². The van der Waals surface area contributed by atoms with E-state index in [0.717, 1.165) is 29.3 Å². The van der Waals surface area contributed by atoms with Gasteiger partial charge in [-0.15, -0.1) is 0 Å². The van der Waals surface area contributed by atoms with Crippen molar-refractivity contribution in [2.45, 2.75) is 31.6 Å². The van der Waals surface area contributed by atoms with Crippen LogP contribution in [0.5, 0.6) is 11.5 Å². The summed E-state index contributed by atoms with van der Waals surface area (Å²) in [5, 5.41) is 5.34. The lowest BCUT2D eigenvalue weighted by Gasteiger charge is -2.40. The van der Waals surface area contributed by atoms with E-state index < -0.39 is 8.07 Å². The van der Waals surface area contributed by atoms with Gasteiger partial charge in [-0.2, -0.15) is 0 Å². The molecule has 2 aliphatic heterocycles. The molecule has 1 unspecified atom stereocenters. The second-order valence-electron chi connectivity index (χ2n) is 14.6. The monoisotopic (exact) mass is 671 g/mol. The molecule has 2 nitrogen and oxygen atoms in total. The summed E-state index contributed by atoms with van der Waals surface area (Å²) in [6, 6.07) is 62.5. The topological polar surface area (TPSA) is 21.6 Å². The van der Waals surface area contributed by atoms with Crippen LogP contribution >= 0.6 is 0 Å². The van der Waals surface area contributed by atoms with Gasteiger partial charge in [-0.3, -0.25) is 4.99 Å². The van der Waals surface area contributed by atoms with Crippen LogP contribution in [-0.4, -0.2) is 13.8 Å². The average molecular weight is 672 g/mol. The fraction of sp³-hybridized carbons (Fsp3) is 0.104. The lowest BCUT2D eigenvalue weighted by atomic mass is 9.80. The van der Waals surface area contributed by atoms with E-state index >= 15 is 0 Å². The summed E-state index contributed by atoms with van der Waals surface area (Å²) in [7, 11) is -2.74. The van der Waals surface area contributed by atoms with Crippen LogP contribution in [0.3, 0.4) is 0 Å². The Morgan fingerprint density at radius 3 is 2.00 bits per heavy atom. The molecule has 0 spiro atoms. The molecule has 244 valence electrons. The van der Waals surface area contributed by atoms with Gasteiger partial charge >= 0.3 is 0 Å². The Bertz CT molecular complexity index is 2460. The Kier molecular flexibility index (Phi) is 6.71. The zero-order valence-electron chi connectivity index (χ0n) is 28.8. The van der Waals surface area contributed by atoms with Crippen molar-refractivity contribution < 1.29 is 4.74 Å². The molecule has 0 N–H and O–H groups in total. The van der Waals surface area contributed by atoms with Crippen LogP contribution in [0.4, 0.5) is 5.69 Å². The number of nitrogens with zero attached hydrogens (tertiary/aromatic N) is 1.